The van der Waals surface area contributed by atoms with Crippen LogP contribution in [0.2, 0.25) is 0 Å². The molecule has 0 saturated carbocycles. The standard InChI is InChI=1S/C78H135NO8/c1-6-8-10-12-14-16-18-20-22-24-26-28-30-32-34-36-38-40-42-44-46-48-50-52-54-56-58-60-62-64-66-68-75(80)85-72-74(73-86-78(77(82)83)84-71-70-79(3,4)5)87-76(81)69-67-65-63-61-59-57-55-53-51-49-47-45-43-41-39-37-35-33-31-29-27-25-23-21-19-17-15-13-11-9-7-2/h8-11,14-17,20-23,26-29,33,35,74,78H,6-7,12-13,18-19,24-25,30-32,34,36-73H2,1-5H3/b10-8-,11-9-,16-14-,17-15-,22-20-,23-21-,28-26-,29-27-,35-33-. The molecule has 2 atom stereocenters. The van der Waals surface area contributed by atoms with Crippen LogP contribution in [-0.2, 0) is 33.3 Å². The number of carboxylic acids is 1. The molecule has 0 heterocycles. The lowest BCUT2D eigenvalue weighted by atomic mass is 10.0. The number of rotatable bonds is 66. The molecule has 0 bridgehead atoms. The van der Waals surface area contributed by atoms with Crippen molar-refractivity contribution in [1.82, 2.24) is 0 Å². The highest BCUT2D eigenvalue weighted by Crippen LogP contribution is 2.18. The molecule has 0 aliphatic rings. The maximum atomic E-state index is 12.9. The van der Waals surface area contributed by atoms with E-state index in [0.717, 1.165) is 96.3 Å². The van der Waals surface area contributed by atoms with Crippen LogP contribution in [0.4, 0.5) is 0 Å². The van der Waals surface area contributed by atoms with E-state index >= 15 is 0 Å². The second kappa shape index (κ2) is 67.9. The molecule has 0 aromatic carbocycles. The number of carbonyl (C=O) groups excluding carboxylic acids is 3. The molecular weight excluding hydrogens is 1080 g/mol. The summed E-state index contributed by atoms with van der Waals surface area (Å²) in [4.78, 5) is 37.5. The largest absolute Gasteiger partial charge is 0.545 e. The summed E-state index contributed by atoms with van der Waals surface area (Å²) >= 11 is 0. The summed E-state index contributed by atoms with van der Waals surface area (Å²) in [5.41, 5.74) is 0. The van der Waals surface area contributed by atoms with Crippen LogP contribution >= 0.6 is 0 Å². The molecule has 0 saturated heterocycles. The van der Waals surface area contributed by atoms with Gasteiger partial charge in [-0.25, -0.2) is 0 Å². The molecule has 0 rings (SSSR count). The highest BCUT2D eigenvalue weighted by molar-refractivity contribution is 5.70. The van der Waals surface area contributed by atoms with E-state index in [2.05, 4.69) is 123 Å². The van der Waals surface area contributed by atoms with E-state index in [0.29, 0.717) is 23.9 Å². The van der Waals surface area contributed by atoms with Gasteiger partial charge in [0.1, 0.15) is 13.2 Å². The average Bonchev–Trinajstić information content (AvgIpc) is 3.56. The summed E-state index contributed by atoms with van der Waals surface area (Å²) < 4.78 is 22.8. The third-order valence-corrected chi connectivity index (χ3v) is 15.5. The van der Waals surface area contributed by atoms with Crippen molar-refractivity contribution in [2.75, 3.05) is 47.5 Å². The molecule has 87 heavy (non-hydrogen) atoms. The normalized spacial score (nSPS) is 13.3. The Morgan fingerprint density at radius 3 is 0.920 bits per heavy atom. The van der Waals surface area contributed by atoms with Crippen molar-refractivity contribution in [3.05, 3.63) is 109 Å². The molecule has 0 spiro atoms. The van der Waals surface area contributed by atoms with Crippen LogP contribution in [0.15, 0.2) is 109 Å². The van der Waals surface area contributed by atoms with Gasteiger partial charge in [0, 0.05) is 12.8 Å². The van der Waals surface area contributed by atoms with E-state index in [9.17, 15) is 19.5 Å². The highest BCUT2D eigenvalue weighted by Gasteiger charge is 2.22. The van der Waals surface area contributed by atoms with Crippen LogP contribution in [0.25, 0.3) is 0 Å². The SMILES string of the molecule is CC/C=C\C/C=C\C/C=C\C/C=C\C/C=C\CCCCCCCCCCCCCCCCCC(=O)OC(COC(=O)CCCCCCCCCCCCCCCCCCCC/C=C\C/C=C\C/C=C\C/C=C\CC)COC(OCC[N+](C)(C)C)C(=O)[O-]. The second-order valence-corrected chi connectivity index (χ2v) is 25.1. The number of aliphatic carboxylic acids is 1. The first-order valence-corrected chi connectivity index (χ1v) is 36.0. The zero-order chi connectivity index (χ0) is 63.3. The monoisotopic (exact) mass is 1210 g/mol. The molecule has 0 radical (unpaired) electrons. The number of allylic oxidation sites excluding steroid dienone is 18. The first-order valence-electron chi connectivity index (χ1n) is 36.0. The molecule has 9 nitrogen and oxygen atoms in total. The van der Waals surface area contributed by atoms with Crippen molar-refractivity contribution in [3.63, 3.8) is 0 Å². The predicted octanol–water partition coefficient (Wildman–Crippen LogP) is 21.2. The predicted molar refractivity (Wildman–Crippen MR) is 370 cm³/mol. The van der Waals surface area contributed by atoms with Gasteiger partial charge in [0.15, 0.2) is 12.4 Å². The zero-order valence-corrected chi connectivity index (χ0v) is 57.1. The lowest BCUT2D eigenvalue weighted by Gasteiger charge is -2.26. The van der Waals surface area contributed by atoms with Gasteiger partial charge in [0.2, 0.25) is 0 Å². The van der Waals surface area contributed by atoms with Gasteiger partial charge in [0.25, 0.3) is 0 Å². The van der Waals surface area contributed by atoms with Crippen molar-refractivity contribution < 1.29 is 42.9 Å². The zero-order valence-electron chi connectivity index (χ0n) is 57.1. The van der Waals surface area contributed by atoms with Crippen molar-refractivity contribution in [3.8, 4) is 0 Å². The quantitative estimate of drug-likeness (QED) is 0.0195. The average molecular weight is 1210 g/mol. The topological polar surface area (TPSA) is 111 Å². The Labute approximate surface area is 536 Å². The number of carbonyl (C=O) groups is 3. The molecule has 9 heteroatoms. The van der Waals surface area contributed by atoms with Gasteiger partial charge in [-0.15, -0.1) is 0 Å². The van der Waals surface area contributed by atoms with Crippen LogP contribution in [0.1, 0.15) is 309 Å². The summed E-state index contributed by atoms with van der Waals surface area (Å²) in [6.07, 6.45) is 91.7. The Balaban J connectivity index is 4.08. The molecule has 0 aliphatic carbocycles. The van der Waals surface area contributed by atoms with Crippen LogP contribution in [-0.4, -0.2) is 82.3 Å². The van der Waals surface area contributed by atoms with Crippen LogP contribution in [0, 0.1) is 0 Å². The van der Waals surface area contributed by atoms with Crippen LogP contribution in [0.5, 0.6) is 0 Å². The fourth-order valence-electron chi connectivity index (χ4n) is 10.1. The molecule has 500 valence electrons. The number of unbranched alkanes of at least 4 members (excludes halogenated alkanes) is 33. The Morgan fingerprint density at radius 2 is 0.621 bits per heavy atom. The Kier molecular flexibility index (Phi) is 64.7. The molecule has 0 amide bonds. The van der Waals surface area contributed by atoms with E-state index in [1.165, 1.54) is 180 Å². The fraction of sp³-hybridized carbons (Fsp3) is 0.731. The molecule has 0 aromatic heterocycles. The van der Waals surface area contributed by atoms with Crippen molar-refractivity contribution in [2.24, 2.45) is 0 Å². The minimum Gasteiger partial charge on any atom is -0.545 e. The number of ether oxygens (including phenoxy) is 4. The van der Waals surface area contributed by atoms with E-state index in [4.69, 9.17) is 18.9 Å². The van der Waals surface area contributed by atoms with Gasteiger partial charge < -0.3 is 33.3 Å². The molecule has 0 aromatic rings. The molecule has 0 aliphatic heterocycles. The first kappa shape index (κ1) is 83.0. The fourth-order valence-corrected chi connectivity index (χ4v) is 10.1. The van der Waals surface area contributed by atoms with Gasteiger partial charge in [-0.2, -0.15) is 0 Å². The Bertz CT molecular complexity index is 1800. The molecular formula is C78H135NO8. The highest BCUT2D eigenvalue weighted by atomic mass is 16.7. The van der Waals surface area contributed by atoms with Crippen molar-refractivity contribution >= 4 is 17.9 Å². The minimum absolute atomic E-state index is 0.145. The molecule has 0 fully saturated rings. The van der Waals surface area contributed by atoms with Gasteiger partial charge in [-0.3, -0.25) is 9.59 Å². The van der Waals surface area contributed by atoms with Gasteiger partial charge in [0.05, 0.1) is 40.3 Å². The number of carboxylic acid groups (broad SMARTS) is 1. The summed E-state index contributed by atoms with van der Waals surface area (Å²) in [5, 5.41) is 11.8. The summed E-state index contributed by atoms with van der Waals surface area (Å²) in [7, 11) is 5.94. The second-order valence-electron chi connectivity index (χ2n) is 25.1. The van der Waals surface area contributed by atoms with E-state index in [-0.39, 0.29) is 32.2 Å². The maximum absolute atomic E-state index is 12.9. The number of hydrogen-bond acceptors (Lipinski definition) is 8. The van der Waals surface area contributed by atoms with E-state index in [1.54, 1.807) is 0 Å². The van der Waals surface area contributed by atoms with Gasteiger partial charge in [-0.1, -0.05) is 309 Å². The van der Waals surface area contributed by atoms with E-state index in [1.807, 2.05) is 21.1 Å². The van der Waals surface area contributed by atoms with Crippen LogP contribution in [0.3, 0.4) is 0 Å². The summed E-state index contributed by atoms with van der Waals surface area (Å²) in [6, 6.07) is 0. The third kappa shape index (κ3) is 69.3. The van der Waals surface area contributed by atoms with E-state index < -0.39 is 24.3 Å². The molecule has 0 N–H and O–H groups in total. The lowest BCUT2D eigenvalue weighted by Crippen LogP contribution is -2.44. The summed E-state index contributed by atoms with van der Waals surface area (Å²) in [6.45, 7) is 4.55. The number of hydrogen-bond donors (Lipinski definition) is 0. The van der Waals surface area contributed by atoms with Gasteiger partial charge >= 0.3 is 11.9 Å². The smallest absolute Gasteiger partial charge is 0.306 e. The Hall–Kier alpha value is -4.05. The lowest BCUT2D eigenvalue weighted by molar-refractivity contribution is -0.870. The van der Waals surface area contributed by atoms with Crippen molar-refractivity contribution in [2.45, 2.75) is 322 Å². The minimum atomic E-state index is -1.63. The van der Waals surface area contributed by atoms with Crippen LogP contribution < -0.4 is 5.11 Å². The number of quaternary nitrogens is 1. The number of likely N-dealkylation sites (N-methyl/N-ethyl adjacent to an activating group) is 1. The summed E-state index contributed by atoms with van der Waals surface area (Å²) in [5.74, 6) is -2.27. The number of nitrogens with zero attached hydrogens (tertiary/aromatic N) is 1. The maximum Gasteiger partial charge on any atom is 0.306 e. The molecule has 2 unspecified atom stereocenters. The number of esters is 2. The first-order chi connectivity index (χ1) is 42.6. The van der Waals surface area contributed by atoms with Gasteiger partial charge in [-0.05, 0) is 96.3 Å². The Morgan fingerprint density at radius 1 is 0.345 bits per heavy atom. The van der Waals surface area contributed by atoms with Crippen molar-refractivity contribution in [1.29, 1.82) is 0 Å². The third-order valence-electron chi connectivity index (χ3n) is 15.5.